The van der Waals surface area contributed by atoms with Crippen LogP contribution in [0.15, 0.2) is 34.3 Å². The Morgan fingerprint density at radius 3 is 3.11 bits per heavy atom. The molecule has 0 unspecified atom stereocenters. The summed E-state index contributed by atoms with van der Waals surface area (Å²) in [4.78, 5) is 12.9. The first-order valence-corrected chi connectivity index (χ1v) is 7.68. The van der Waals surface area contributed by atoms with Gasteiger partial charge < -0.3 is 9.73 Å². The fourth-order valence-corrected chi connectivity index (χ4v) is 3.09. The molecule has 0 fully saturated rings. The molecule has 5 heteroatoms. The molecular weight excluding hydrogens is 266 g/mol. The fraction of sp³-hybridized carbons (Fsp3) is 0.308. The number of carbonyl (C=O) groups is 1. The highest BCUT2D eigenvalue weighted by molar-refractivity contribution is 7.99. The summed E-state index contributed by atoms with van der Waals surface area (Å²) >= 11 is 3.37. The maximum absolute atomic E-state index is 11.6. The maximum atomic E-state index is 11.6. The fourth-order valence-electron chi connectivity index (χ4n) is 1.48. The van der Waals surface area contributed by atoms with Crippen molar-refractivity contribution in [2.75, 3.05) is 5.75 Å². The normalized spacial score (nSPS) is 10.5. The van der Waals surface area contributed by atoms with Gasteiger partial charge in [0.2, 0.25) is 5.91 Å². The largest absolute Gasteiger partial charge is 0.467 e. The topological polar surface area (TPSA) is 42.2 Å². The Bertz CT molecular complexity index is 491. The average Bonchev–Trinajstić information content (AvgIpc) is 2.98. The van der Waals surface area contributed by atoms with Gasteiger partial charge in [-0.15, -0.1) is 23.1 Å². The molecular formula is C13H15NO2S2. The number of thiophene rings is 1. The second-order valence-corrected chi connectivity index (χ2v) is 6.02. The summed E-state index contributed by atoms with van der Waals surface area (Å²) in [6, 6.07) is 5.83. The molecule has 0 aliphatic carbocycles. The highest BCUT2D eigenvalue weighted by Crippen LogP contribution is 2.18. The van der Waals surface area contributed by atoms with Gasteiger partial charge >= 0.3 is 0 Å². The van der Waals surface area contributed by atoms with E-state index in [1.807, 2.05) is 12.1 Å². The first-order chi connectivity index (χ1) is 8.74. The lowest BCUT2D eigenvalue weighted by Gasteiger charge is -2.02. The van der Waals surface area contributed by atoms with Crippen molar-refractivity contribution in [1.29, 1.82) is 0 Å². The van der Waals surface area contributed by atoms with Crippen LogP contribution in [-0.2, 0) is 17.1 Å². The van der Waals surface area contributed by atoms with Crippen LogP contribution in [-0.4, -0.2) is 11.7 Å². The monoisotopic (exact) mass is 281 g/mol. The van der Waals surface area contributed by atoms with Gasteiger partial charge in [-0.2, -0.15) is 0 Å². The van der Waals surface area contributed by atoms with Gasteiger partial charge in [0, 0.05) is 10.6 Å². The molecule has 0 aromatic carbocycles. The molecule has 2 aromatic heterocycles. The SMILES string of the molecule is Cc1cc(CSCC(=O)NCc2ccco2)cs1. The predicted octanol–water partition coefficient (Wildman–Crippen LogP) is 3.20. The molecule has 0 bridgehead atoms. The van der Waals surface area contributed by atoms with Crippen LogP contribution in [0.1, 0.15) is 16.2 Å². The molecule has 3 nitrogen and oxygen atoms in total. The zero-order valence-electron chi connectivity index (χ0n) is 10.1. The van der Waals surface area contributed by atoms with E-state index in [0.717, 1.165) is 11.5 Å². The number of rotatable bonds is 6. The summed E-state index contributed by atoms with van der Waals surface area (Å²) in [6.07, 6.45) is 1.61. The molecule has 0 atom stereocenters. The van der Waals surface area contributed by atoms with Gasteiger partial charge in [-0.05, 0) is 36.1 Å². The molecule has 18 heavy (non-hydrogen) atoms. The molecule has 1 N–H and O–H groups in total. The molecule has 1 amide bonds. The second kappa shape index (κ2) is 6.66. The van der Waals surface area contributed by atoms with Crippen LogP contribution in [0.2, 0.25) is 0 Å². The summed E-state index contributed by atoms with van der Waals surface area (Å²) in [6.45, 7) is 2.55. The van der Waals surface area contributed by atoms with E-state index < -0.39 is 0 Å². The summed E-state index contributed by atoms with van der Waals surface area (Å²) in [7, 11) is 0. The first kappa shape index (κ1) is 13.2. The van der Waals surface area contributed by atoms with E-state index in [0.29, 0.717) is 12.3 Å². The van der Waals surface area contributed by atoms with Gasteiger partial charge in [0.1, 0.15) is 5.76 Å². The third-order valence-electron chi connectivity index (χ3n) is 2.33. The van der Waals surface area contributed by atoms with E-state index in [9.17, 15) is 4.79 Å². The maximum Gasteiger partial charge on any atom is 0.230 e. The number of hydrogen-bond donors (Lipinski definition) is 1. The third kappa shape index (κ3) is 4.23. The summed E-state index contributed by atoms with van der Waals surface area (Å²) in [5.41, 5.74) is 1.29. The molecule has 0 aliphatic heterocycles. The van der Waals surface area contributed by atoms with Crippen molar-refractivity contribution in [1.82, 2.24) is 5.32 Å². The summed E-state index contributed by atoms with van der Waals surface area (Å²) in [5, 5.41) is 4.97. The quantitative estimate of drug-likeness (QED) is 0.884. The van der Waals surface area contributed by atoms with Crippen LogP contribution in [0.3, 0.4) is 0 Å². The highest BCUT2D eigenvalue weighted by Gasteiger charge is 2.04. The second-order valence-electron chi connectivity index (χ2n) is 3.91. The van der Waals surface area contributed by atoms with Crippen molar-refractivity contribution in [2.45, 2.75) is 19.2 Å². The van der Waals surface area contributed by atoms with Crippen molar-refractivity contribution in [2.24, 2.45) is 0 Å². The average molecular weight is 281 g/mol. The minimum absolute atomic E-state index is 0.0448. The smallest absolute Gasteiger partial charge is 0.230 e. The zero-order valence-corrected chi connectivity index (χ0v) is 11.8. The Morgan fingerprint density at radius 2 is 2.44 bits per heavy atom. The van der Waals surface area contributed by atoms with Gasteiger partial charge in [0.05, 0.1) is 18.6 Å². The van der Waals surface area contributed by atoms with E-state index in [-0.39, 0.29) is 5.91 Å². The lowest BCUT2D eigenvalue weighted by Crippen LogP contribution is -2.24. The van der Waals surface area contributed by atoms with E-state index >= 15 is 0 Å². The van der Waals surface area contributed by atoms with Crippen LogP contribution in [0.5, 0.6) is 0 Å². The molecule has 0 radical (unpaired) electrons. The lowest BCUT2D eigenvalue weighted by atomic mass is 10.3. The Balaban J connectivity index is 1.63. The number of amides is 1. The summed E-state index contributed by atoms with van der Waals surface area (Å²) in [5.74, 6) is 2.19. The van der Waals surface area contributed by atoms with Crippen LogP contribution < -0.4 is 5.32 Å². The number of aryl methyl sites for hydroxylation is 1. The molecule has 0 saturated heterocycles. The minimum atomic E-state index is 0.0448. The number of furan rings is 1. The molecule has 2 heterocycles. The number of nitrogens with one attached hydrogen (secondary N) is 1. The van der Waals surface area contributed by atoms with Crippen LogP contribution in [0.4, 0.5) is 0 Å². The van der Waals surface area contributed by atoms with Crippen molar-refractivity contribution in [3.63, 3.8) is 0 Å². The van der Waals surface area contributed by atoms with Crippen LogP contribution in [0.25, 0.3) is 0 Å². The Hall–Kier alpha value is -1.20. The molecule has 2 aromatic rings. The third-order valence-corrected chi connectivity index (χ3v) is 4.24. The molecule has 0 aliphatic rings. The molecule has 96 valence electrons. The van der Waals surface area contributed by atoms with Crippen LogP contribution >= 0.6 is 23.1 Å². The zero-order chi connectivity index (χ0) is 12.8. The molecule has 0 saturated carbocycles. The summed E-state index contributed by atoms with van der Waals surface area (Å²) < 4.78 is 5.14. The molecule has 0 spiro atoms. The van der Waals surface area contributed by atoms with Crippen molar-refractivity contribution in [3.8, 4) is 0 Å². The predicted molar refractivity (Wildman–Crippen MR) is 75.8 cm³/mol. The van der Waals surface area contributed by atoms with Gasteiger partial charge in [-0.1, -0.05) is 0 Å². The van der Waals surface area contributed by atoms with Gasteiger partial charge in [-0.3, -0.25) is 4.79 Å². The van der Waals surface area contributed by atoms with Crippen molar-refractivity contribution in [3.05, 3.63) is 46.0 Å². The van der Waals surface area contributed by atoms with E-state index in [4.69, 9.17) is 4.42 Å². The van der Waals surface area contributed by atoms with E-state index in [1.54, 1.807) is 29.4 Å². The van der Waals surface area contributed by atoms with Crippen LogP contribution in [0, 0.1) is 6.92 Å². The Labute approximate surface area is 115 Å². The number of carbonyl (C=O) groups excluding carboxylic acids is 1. The highest BCUT2D eigenvalue weighted by atomic mass is 32.2. The number of thioether (sulfide) groups is 1. The first-order valence-electron chi connectivity index (χ1n) is 5.65. The van der Waals surface area contributed by atoms with E-state index in [1.165, 1.54) is 10.4 Å². The van der Waals surface area contributed by atoms with Crippen molar-refractivity contribution >= 4 is 29.0 Å². The lowest BCUT2D eigenvalue weighted by molar-refractivity contribution is -0.118. The standard InChI is InChI=1S/C13H15NO2S2/c1-10-5-11(8-18-10)7-17-9-13(15)14-6-12-3-2-4-16-12/h2-5,8H,6-7,9H2,1H3,(H,14,15). The minimum Gasteiger partial charge on any atom is -0.467 e. The van der Waals surface area contributed by atoms with E-state index in [2.05, 4.69) is 23.7 Å². The number of hydrogen-bond acceptors (Lipinski definition) is 4. The Kier molecular flexibility index (Phi) is 4.90. The van der Waals surface area contributed by atoms with Gasteiger partial charge in [0.15, 0.2) is 0 Å². The Morgan fingerprint density at radius 1 is 1.56 bits per heavy atom. The van der Waals surface area contributed by atoms with Gasteiger partial charge in [-0.25, -0.2) is 0 Å². The molecule has 2 rings (SSSR count). The van der Waals surface area contributed by atoms with Crippen molar-refractivity contribution < 1.29 is 9.21 Å². The van der Waals surface area contributed by atoms with Gasteiger partial charge in [0.25, 0.3) is 0 Å².